The van der Waals surface area contributed by atoms with E-state index in [0.717, 1.165) is 18.2 Å². The Balaban J connectivity index is 2.08. The Morgan fingerprint density at radius 3 is 2.77 bits per heavy atom. The van der Waals surface area contributed by atoms with Gasteiger partial charge in [0.2, 0.25) is 0 Å². The van der Waals surface area contributed by atoms with Gasteiger partial charge in [-0.05, 0) is 31.5 Å². The first-order chi connectivity index (χ1) is 10.3. The van der Waals surface area contributed by atoms with E-state index in [1.807, 2.05) is 31.2 Å². The number of carbonyl (C=O) groups is 2. The summed E-state index contributed by atoms with van der Waals surface area (Å²) in [4.78, 5) is 22.7. The van der Waals surface area contributed by atoms with Gasteiger partial charge in [-0.2, -0.15) is 0 Å². The maximum Gasteiger partial charge on any atom is 0.337 e. The van der Waals surface area contributed by atoms with Crippen molar-refractivity contribution in [1.29, 1.82) is 0 Å². The normalized spacial score (nSPS) is 13.4. The number of carboxylic acid groups (broad SMARTS) is 1. The van der Waals surface area contributed by atoms with E-state index in [9.17, 15) is 14.7 Å². The number of amides is 1. The van der Waals surface area contributed by atoms with Gasteiger partial charge in [-0.1, -0.05) is 17.3 Å². The highest BCUT2D eigenvalue weighted by molar-refractivity contribution is 5.92. The lowest BCUT2D eigenvalue weighted by Gasteiger charge is -2.17. The zero-order valence-corrected chi connectivity index (χ0v) is 12.1. The molecule has 0 radical (unpaired) electrons. The number of nitrogens with zero attached hydrogens (tertiary/aromatic N) is 3. The Labute approximate surface area is 126 Å². The maximum absolute atomic E-state index is 11.9. The molecule has 2 rings (SSSR count). The van der Waals surface area contributed by atoms with E-state index in [1.165, 1.54) is 10.9 Å². The second-order valence-electron chi connectivity index (χ2n) is 5.15. The minimum absolute atomic E-state index is 0.0303. The molecule has 0 saturated carbocycles. The zero-order valence-electron chi connectivity index (χ0n) is 12.1. The average Bonchev–Trinajstić information content (AvgIpc) is 2.94. The Hall–Kier alpha value is -2.74. The van der Waals surface area contributed by atoms with Gasteiger partial charge in [0.1, 0.15) is 0 Å². The van der Waals surface area contributed by atoms with Gasteiger partial charge in [0, 0.05) is 0 Å². The summed E-state index contributed by atoms with van der Waals surface area (Å²) in [6, 6.07) is 7.49. The molecule has 1 aromatic heterocycles. The number of aryl methyl sites for hydroxylation is 1. The van der Waals surface area contributed by atoms with Gasteiger partial charge >= 0.3 is 5.97 Å². The van der Waals surface area contributed by atoms with Crippen LogP contribution in [0, 0.1) is 6.92 Å². The van der Waals surface area contributed by atoms with Crippen molar-refractivity contribution in [3.8, 4) is 5.69 Å². The summed E-state index contributed by atoms with van der Waals surface area (Å²) in [6.07, 6.45) is 1.43. The summed E-state index contributed by atoms with van der Waals surface area (Å²) < 4.78 is 1.44. The van der Waals surface area contributed by atoms with Crippen LogP contribution in [0.2, 0.25) is 0 Å². The van der Waals surface area contributed by atoms with E-state index < -0.39 is 24.0 Å². The minimum atomic E-state index is -2.04. The third kappa shape index (κ3) is 3.47. The lowest BCUT2D eigenvalue weighted by atomic mass is 10.1. The Morgan fingerprint density at radius 2 is 2.14 bits per heavy atom. The lowest BCUT2D eigenvalue weighted by molar-refractivity contribution is -0.155. The summed E-state index contributed by atoms with van der Waals surface area (Å²) in [5.41, 5.74) is -0.217. The van der Waals surface area contributed by atoms with Crippen molar-refractivity contribution in [2.75, 3.05) is 6.54 Å². The standard InChI is InChI=1S/C14H16N4O4/c1-9-4-3-5-10(6-9)18-7-11(16-17-18)12(19)15-8-14(2,22)13(20)21/h3-7,22H,8H2,1-2H3,(H,15,19)(H,20,21). The molecule has 2 aromatic rings. The first kappa shape index (κ1) is 15.6. The van der Waals surface area contributed by atoms with Crippen LogP contribution in [0.25, 0.3) is 5.69 Å². The molecule has 0 aliphatic rings. The van der Waals surface area contributed by atoms with Crippen LogP contribution in [0.15, 0.2) is 30.5 Å². The zero-order chi connectivity index (χ0) is 16.3. The maximum atomic E-state index is 11.9. The van der Waals surface area contributed by atoms with E-state index in [1.54, 1.807) is 0 Å². The first-order valence-corrected chi connectivity index (χ1v) is 6.53. The molecular weight excluding hydrogens is 288 g/mol. The number of aromatic nitrogens is 3. The van der Waals surface area contributed by atoms with Gasteiger partial charge in [-0.25, -0.2) is 9.48 Å². The molecule has 0 aliphatic carbocycles. The van der Waals surface area contributed by atoms with E-state index in [-0.39, 0.29) is 5.69 Å². The van der Waals surface area contributed by atoms with Crippen LogP contribution in [-0.4, -0.2) is 49.2 Å². The molecule has 116 valence electrons. The van der Waals surface area contributed by atoms with E-state index in [4.69, 9.17) is 5.11 Å². The molecule has 22 heavy (non-hydrogen) atoms. The number of hydrogen-bond acceptors (Lipinski definition) is 5. The summed E-state index contributed by atoms with van der Waals surface area (Å²) >= 11 is 0. The van der Waals surface area contributed by atoms with Crippen LogP contribution in [0.1, 0.15) is 23.0 Å². The topological polar surface area (TPSA) is 117 Å². The van der Waals surface area contributed by atoms with Crippen LogP contribution in [0.3, 0.4) is 0 Å². The fourth-order valence-corrected chi connectivity index (χ4v) is 1.68. The number of hydrogen-bond donors (Lipinski definition) is 3. The lowest BCUT2D eigenvalue weighted by Crippen LogP contribution is -2.46. The van der Waals surface area contributed by atoms with Gasteiger partial charge in [-0.15, -0.1) is 5.10 Å². The second-order valence-corrected chi connectivity index (χ2v) is 5.15. The fourth-order valence-electron chi connectivity index (χ4n) is 1.68. The average molecular weight is 304 g/mol. The summed E-state index contributed by atoms with van der Waals surface area (Å²) in [7, 11) is 0. The van der Waals surface area contributed by atoms with Crippen LogP contribution >= 0.6 is 0 Å². The van der Waals surface area contributed by atoms with Crippen LogP contribution < -0.4 is 5.32 Å². The third-order valence-corrected chi connectivity index (χ3v) is 3.05. The first-order valence-electron chi connectivity index (χ1n) is 6.53. The summed E-state index contributed by atoms with van der Waals surface area (Å²) in [6.45, 7) is 2.60. The molecule has 0 bridgehead atoms. The predicted molar refractivity (Wildman–Crippen MR) is 76.7 cm³/mol. The number of rotatable bonds is 5. The van der Waals surface area contributed by atoms with Crippen LogP contribution in [-0.2, 0) is 4.79 Å². The van der Waals surface area contributed by atoms with Crippen molar-refractivity contribution in [3.63, 3.8) is 0 Å². The predicted octanol–water partition coefficient (Wildman–Crippen LogP) is 0.141. The number of aliphatic hydroxyl groups is 1. The molecule has 1 amide bonds. The molecule has 0 saturated heterocycles. The Kier molecular flexibility index (Phi) is 4.22. The van der Waals surface area contributed by atoms with E-state index >= 15 is 0 Å². The minimum Gasteiger partial charge on any atom is -0.479 e. The molecule has 3 N–H and O–H groups in total. The summed E-state index contributed by atoms with van der Waals surface area (Å²) in [5.74, 6) is -2.03. The van der Waals surface area contributed by atoms with Crippen molar-refractivity contribution < 1.29 is 19.8 Å². The molecule has 1 unspecified atom stereocenters. The molecule has 1 aromatic carbocycles. The fraction of sp³-hybridized carbons (Fsp3) is 0.286. The molecule has 1 atom stereocenters. The van der Waals surface area contributed by atoms with Gasteiger partial charge < -0.3 is 15.5 Å². The number of aliphatic carboxylic acids is 1. The SMILES string of the molecule is Cc1cccc(-n2cc(C(=O)NCC(C)(O)C(=O)O)nn2)c1. The van der Waals surface area contributed by atoms with Gasteiger partial charge in [0.25, 0.3) is 5.91 Å². The molecule has 8 nitrogen and oxygen atoms in total. The number of benzene rings is 1. The van der Waals surface area contributed by atoms with Gasteiger partial charge in [-0.3, -0.25) is 4.79 Å². The number of carboxylic acids is 1. The molecule has 1 heterocycles. The van der Waals surface area contributed by atoms with Crippen molar-refractivity contribution in [3.05, 3.63) is 41.7 Å². The highest BCUT2D eigenvalue weighted by Gasteiger charge is 2.30. The smallest absolute Gasteiger partial charge is 0.337 e. The quantitative estimate of drug-likeness (QED) is 0.723. The van der Waals surface area contributed by atoms with Crippen molar-refractivity contribution in [2.24, 2.45) is 0 Å². The molecule has 0 fully saturated rings. The van der Waals surface area contributed by atoms with Crippen molar-refractivity contribution in [2.45, 2.75) is 19.4 Å². The van der Waals surface area contributed by atoms with Crippen LogP contribution in [0.5, 0.6) is 0 Å². The monoisotopic (exact) mass is 304 g/mol. The largest absolute Gasteiger partial charge is 0.479 e. The van der Waals surface area contributed by atoms with Crippen molar-refractivity contribution in [1.82, 2.24) is 20.3 Å². The third-order valence-electron chi connectivity index (χ3n) is 3.05. The van der Waals surface area contributed by atoms with Crippen molar-refractivity contribution >= 4 is 11.9 Å². The molecule has 0 aliphatic heterocycles. The van der Waals surface area contributed by atoms with Crippen LogP contribution in [0.4, 0.5) is 0 Å². The highest BCUT2D eigenvalue weighted by Crippen LogP contribution is 2.09. The Bertz CT molecular complexity index is 708. The summed E-state index contributed by atoms with van der Waals surface area (Å²) in [5, 5.41) is 28.2. The molecular formula is C14H16N4O4. The van der Waals surface area contributed by atoms with E-state index in [2.05, 4.69) is 15.6 Å². The second kappa shape index (κ2) is 5.94. The highest BCUT2D eigenvalue weighted by atomic mass is 16.4. The van der Waals surface area contributed by atoms with E-state index in [0.29, 0.717) is 0 Å². The van der Waals surface area contributed by atoms with Gasteiger partial charge in [0.05, 0.1) is 18.4 Å². The number of nitrogens with one attached hydrogen (secondary N) is 1. The van der Waals surface area contributed by atoms with Gasteiger partial charge in [0.15, 0.2) is 11.3 Å². The molecule has 0 spiro atoms. The Morgan fingerprint density at radius 1 is 1.41 bits per heavy atom. The molecule has 8 heteroatoms. The number of carbonyl (C=O) groups excluding carboxylic acids is 1.